The van der Waals surface area contributed by atoms with E-state index in [2.05, 4.69) is 12.1 Å². The van der Waals surface area contributed by atoms with E-state index >= 15 is 0 Å². The lowest BCUT2D eigenvalue weighted by Crippen LogP contribution is -1.84. The Hall–Kier alpha value is -1.53. The van der Waals surface area contributed by atoms with E-state index in [0.29, 0.717) is 0 Å². The fourth-order valence-corrected chi connectivity index (χ4v) is 1.73. The average molecular weight is 229 g/mol. The summed E-state index contributed by atoms with van der Waals surface area (Å²) in [5.41, 5.74) is 2.29. The Balaban J connectivity index is 2.08. The number of hydrogen-bond donors (Lipinski definition) is 0. The molecule has 2 rings (SSSR count). The second kappa shape index (κ2) is 5.53. The van der Waals surface area contributed by atoms with Crippen molar-refractivity contribution in [1.82, 2.24) is 0 Å². The molecule has 0 aliphatic rings. The molecule has 0 bridgehead atoms. The number of rotatable bonds is 3. The van der Waals surface area contributed by atoms with Gasteiger partial charge in [0.1, 0.15) is 0 Å². The van der Waals surface area contributed by atoms with Crippen LogP contribution in [0.3, 0.4) is 0 Å². The van der Waals surface area contributed by atoms with E-state index in [0.717, 1.165) is 5.56 Å². The van der Waals surface area contributed by atoms with Crippen molar-refractivity contribution >= 4 is 17.7 Å². The average Bonchev–Trinajstić information content (AvgIpc) is 2.38. The summed E-state index contributed by atoms with van der Waals surface area (Å²) in [4.78, 5) is 0. The van der Waals surface area contributed by atoms with Gasteiger partial charge in [-0.15, -0.1) is 11.6 Å². The van der Waals surface area contributed by atoms with Crippen LogP contribution in [0.5, 0.6) is 0 Å². The van der Waals surface area contributed by atoms with Crippen molar-refractivity contribution in [2.75, 3.05) is 0 Å². The van der Waals surface area contributed by atoms with Crippen LogP contribution in [0.25, 0.3) is 6.08 Å². The van der Waals surface area contributed by atoms with Gasteiger partial charge in [-0.3, -0.25) is 0 Å². The minimum atomic E-state index is -0.0681. The second-order valence-corrected chi connectivity index (χ2v) is 4.05. The highest BCUT2D eigenvalue weighted by Gasteiger charge is 2.01. The van der Waals surface area contributed by atoms with Crippen molar-refractivity contribution in [3.63, 3.8) is 0 Å². The van der Waals surface area contributed by atoms with Crippen molar-refractivity contribution in [2.24, 2.45) is 0 Å². The lowest BCUT2D eigenvalue weighted by Gasteiger charge is -2.03. The Morgan fingerprint density at radius 3 is 2.00 bits per heavy atom. The predicted molar refractivity (Wildman–Crippen MR) is 70.5 cm³/mol. The van der Waals surface area contributed by atoms with Crippen LogP contribution in [0.2, 0.25) is 0 Å². The molecule has 0 radical (unpaired) electrons. The zero-order valence-corrected chi connectivity index (χ0v) is 9.64. The van der Waals surface area contributed by atoms with Crippen LogP contribution in [0.15, 0.2) is 66.7 Å². The van der Waals surface area contributed by atoms with E-state index in [9.17, 15) is 0 Å². The van der Waals surface area contributed by atoms with Gasteiger partial charge in [0.05, 0.1) is 5.38 Å². The van der Waals surface area contributed by atoms with Crippen molar-refractivity contribution in [2.45, 2.75) is 5.38 Å². The van der Waals surface area contributed by atoms with Crippen molar-refractivity contribution < 1.29 is 0 Å². The molecule has 0 aliphatic heterocycles. The lowest BCUT2D eigenvalue weighted by atomic mass is 10.1. The van der Waals surface area contributed by atoms with Gasteiger partial charge >= 0.3 is 0 Å². The molecule has 1 atom stereocenters. The van der Waals surface area contributed by atoms with Crippen molar-refractivity contribution in [1.29, 1.82) is 0 Å². The molecule has 1 heteroatoms. The maximum absolute atomic E-state index is 6.27. The molecule has 0 saturated carbocycles. The van der Waals surface area contributed by atoms with Gasteiger partial charge in [0, 0.05) is 0 Å². The lowest BCUT2D eigenvalue weighted by molar-refractivity contribution is 1.22. The quantitative estimate of drug-likeness (QED) is 0.670. The first kappa shape index (κ1) is 11.0. The van der Waals surface area contributed by atoms with Gasteiger partial charge in [-0.1, -0.05) is 72.8 Å². The monoisotopic (exact) mass is 228 g/mol. The smallest absolute Gasteiger partial charge is 0.0769 e. The Labute approximate surface area is 101 Å². The van der Waals surface area contributed by atoms with Gasteiger partial charge in [0.25, 0.3) is 0 Å². The molecular weight excluding hydrogens is 216 g/mol. The molecule has 0 spiro atoms. The number of alkyl halides is 1. The Bertz CT molecular complexity index is 445. The molecule has 0 amide bonds. The third kappa shape index (κ3) is 2.98. The zero-order valence-electron chi connectivity index (χ0n) is 8.88. The van der Waals surface area contributed by atoms with Crippen LogP contribution in [0.4, 0.5) is 0 Å². The minimum absolute atomic E-state index is 0.0681. The van der Waals surface area contributed by atoms with Crippen LogP contribution in [0, 0.1) is 0 Å². The summed E-state index contributed by atoms with van der Waals surface area (Å²) >= 11 is 6.27. The number of allylic oxidation sites excluding steroid dienone is 1. The van der Waals surface area contributed by atoms with Crippen LogP contribution in [-0.4, -0.2) is 0 Å². The molecule has 0 N–H and O–H groups in total. The Morgan fingerprint density at radius 2 is 1.38 bits per heavy atom. The summed E-state index contributed by atoms with van der Waals surface area (Å²) in [6.07, 6.45) is 4.05. The molecule has 0 aromatic heterocycles. The van der Waals surface area contributed by atoms with Crippen molar-refractivity contribution in [3.8, 4) is 0 Å². The van der Waals surface area contributed by atoms with E-state index in [1.807, 2.05) is 60.7 Å². The van der Waals surface area contributed by atoms with Crippen LogP contribution >= 0.6 is 11.6 Å². The Kier molecular flexibility index (Phi) is 3.79. The SMILES string of the molecule is ClC(/C=C/c1ccccc1)c1ccccc1. The predicted octanol–water partition coefficient (Wildman–Crippen LogP) is 4.68. The summed E-state index contributed by atoms with van der Waals surface area (Å²) in [7, 11) is 0. The first-order valence-electron chi connectivity index (χ1n) is 5.28. The molecule has 0 fully saturated rings. The molecule has 0 heterocycles. The molecular formula is C15H13Cl. The summed E-state index contributed by atoms with van der Waals surface area (Å²) in [6, 6.07) is 20.2. The minimum Gasteiger partial charge on any atom is -0.113 e. The van der Waals surface area contributed by atoms with Gasteiger partial charge in [0.2, 0.25) is 0 Å². The van der Waals surface area contributed by atoms with E-state index in [4.69, 9.17) is 11.6 Å². The highest BCUT2D eigenvalue weighted by atomic mass is 35.5. The van der Waals surface area contributed by atoms with Gasteiger partial charge in [-0.25, -0.2) is 0 Å². The van der Waals surface area contributed by atoms with Gasteiger partial charge in [0.15, 0.2) is 0 Å². The fraction of sp³-hybridized carbons (Fsp3) is 0.0667. The van der Waals surface area contributed by atoms with E-state index in [1.54, 1.807) is 0 Å². The molecule has 1 unspecified atom stereocenters. The molecule has 16 heavy (non-hydrogen) atoms. The van der Waals surface area contributed by atoms with Gasteiger partial charge in [-0.2, -0.15) is 0 Å². The summed E-state index contributed by atoms with van der Waals surface area (Å²) in [5, 5.41) is -0.0681. The fourth-order valence-electron chi connectivity index (χ4n) is 1.51. The number of benzene rings is 2. The molecule has 2 aromatic carbocycles. The molecule has 0 aliphatic carbocycles. The van der Waals surface area contributed by atoms with E-state index in [1.165, 1.54) is 5.56 Å². The number of halogens is 1. The first-order valence-corrected chi connectivity index (χ1v) is 5.72. The van der Waals surface area contributed by atoms with E-state index < -0.39 is 0 Å². The molecule has 2 aromatic rings. The third-order valence-electron chi connectivity index (χ3n) is 2.38. The largest absolute Gasteiger partial charge is 0.113 e. The van der Waals surface area contributed by atoms with Crippen LogP contribution in [0.1, 0.15) is 16.5 Å². The van der Waals surface area contributed by atoms with Crippen molar-refractivity contribution in [3.05, 3.63) is 77.9 Å². The number of hydrogen-bond acceptors (Lipinski definition) is 0. The maximum Gasteiger partial charge on any atom is 0.0769 e. The molecule has 0 nitrogen and oxygen atoms in total. The summed E-state index contributed by atoms with van der Waals surface area (Å²) in [6.45, 7) is 0. The van der Waals surface area contributed by atoms with Gasteiger partial charge in [-0.05, 0) is 11.1 Å². The third-order valence-corrected chi connectivity index (χ3v) is 2.77. The van der Waals surface area contributed by atoms with Gasteiger partial charge < -0.3 is 0 Å². The highest BCUT2D eigenvalue weighted by Crippen LogP contribution is 2.22. The first-order chi connectivity index (χ1) is 7.86. The zero-order chi connectivity index (χ0) is 11.2. The Morgan fingerprint density at radius 1 is 0.812 bits per heavy atom. The standard InChI is InChI=1S/C15H13Cl/c16-15(14-9-5-2-6-10-14)12-11-13-7-3-1-4-8-13/h1-12,15H/b12-11+. The molecule has 80 valence electrons. The van der Waals surface area contributed by atoms with Crippen LogP contribution < -0.4 is 0 Å². The van der Waals surface area contributed by atoms with E-state index in [-0.39, 0.29) is 5.38 Å². The normalized spacial score (nSPS) is 12.8. The molecule has 0 saturated heterocycles. The maximum atomic E-state index is 6.27. The summed E-state index contributed by atoms with van der Waals surface area (Å²) < 4.78 is 0. The highest BCUT2D eigenvalue weighted by molar-refractivity contribution is 6.22. The summed E-state index contributed by atoms with van der Waals surface area (Å²) in [5.74, 6) is 0. The second-order valence-electron chi connectivity index (χ2n) is 3.58. The topological polar surface area (TPSA) is 0 Å². The van der Waals surface area contributed by atoms with Crippen LogP contribution in [-0.2, 0) is 0 Å².